The highest BCUT2D eigenvalue weighted by atomic mass is 35.5. The zero-order valence-electron chi connectivity index (χ0n) is 16.2. The molecule has 162 valence electrons. The second kappa shape index (κ2) is 10.8. The number of aromatic nitrogens is 1. The Morgan fingerprint density at radius 1 is 1.10 bits per heavy atom. The van der Waals surface area contributed by atoms with Crippen LogP contribution in [0.25, 0.3) is 11.3 Å². The van der Waals surface area contributed by atoms with Crippen LogP contribution >= 0.6 is 23.2 Å². The summed E-state index contributed by atoms with van der Waals surface area (Å²) in [5, 5.41) is 19.2. The minimum Gasteiger partial charge on any atom is -0.489 e. The summed E-state index contributed by atoms with van der Waals surface area (Å²) in [7, 11) is 0. The fourth-order valence-corrected chi connectivity index (χ4v) is 2.85. The fraction of sp³-hybridized carbons (Fsp3) is 0.190. The molecule has 0 aliphatic heterocycles. The zero-order chi connectivity index (χ0) is 22.2. The highest BCUT2D eigenvalue weighted by Crippen LogP contribution is 2.31. The van der Waals surface area contributed by atoms with Crippen molar-refractivity contribution in [3.8, 4) is 17.1 Å². The van der Waals surface area contributed by atoms with E-state index in [2.05, 4.69) is 15.8 Å². The third-order valence-electron chi connectivity index (χ3n) is 4.09. The Kier molecular flexibility index (Phi) is 7.88. The van der Waals surface area contributed by atoms with E-state index >= 15 is 0 Å². The Balaban J connectivity index is 1.39. The molecule has 0 aliphatic carbocycles. The van der Waals surface area contributed by atoms with Crippen LogP contribution < -0.4 is 15.4 Å². The molecule has 1 heterocycles. The van der Waals surface area contributed by atoms with Gasteiger partial charge in [-0.25, -0.2) is 0 Å². The van der Waals surface area contributed by atoms with Gasteiger partial charge < -0.3 is 25.0 Å². The van der Waals surface area contributed by atoms with Gasteiger partial charge in [-0.15, -0.1) is 0 Å². The Bertz CT molecular complexity index is 1040. The fourth-order valence-electron chi connectivity index (χ4n) is 2.51. The van der Waals surface area contributed by atoms with Crippen molar-refractivity contribution in [3.05, 3.63) is 70.3 Å². The number of nitrogens with zero attached hydrogens (tertiary/aromatic N) is 1. The number of ether oxygens (including phenoxy) is 1. The summed E-state index contributed by atoms with van der Waals surface area (Å²) in [6.07, 6.45) is -0.987. The highest BCUT2D eigenvalue weighted by Gasteiger charge is 2.15. The van der Waals surface area contributed by atoms with Gasteiger partial charge in [0.1, 0.15) is 23.5 Å². The van der Waals surface area contributed by atoms with Crippen LogP contribution in [0.2, 0.25) is 10.0 Å². The monoisotopic (exact) mass is 463 g/mol. The summed E-state index contributed by atoms with van der Waals surface area (Å²) < 4.78 is 10.6. The first-order chi connectivity index (χ1) is 14.9. The van der Waals surface area contributed by atoms with Crippen LogP contribution in [0.5, 0.6) is 5.75 Å². The second-order valence-electron chi connectivity index (χ2n) is 6.45. The van der Waals surface area contributed by atoms with Crippen LogP contribution in [0.1, 0.15) is 10.5 Å². The molecule has 0 saturated heterocycles. The predicted molar refractivity (Wildman–Crippen MR) is 115 cm³/mol. The van der Waals surface area contributed by atoms with Crippen molar-refractivity contribution in [1.29, 1.82) is 0 Å². The Hall–Kier alpha value is -3.07. The molecule has 10 heteroatoms. The van der Waals surface area contributed by atoms with Crippen LogP contribution in [0, 0.1) is 0 Å². The van der Waals surface area contributed by atoms with Crippen LogP contribution in [-0.4, -0.2) is 47.9 Å². The number of nitrogens with one attached hydrogen (secondary N) is 2. The topological polar surface area (TPSA) is 114 Å². The molecule has 31 heavy (non-hydrogen) atoms. The minimum atomic E-state index is -0.987. The number of carbonyl (C=O) groups excluding carboxylic acids is 2. The van der Waals surface area contributed by atoms with E-state index in [1.165, 1.54) is 6.07 Å². The average Bonchev–Trinajstić information content (AvgIpc) is 3.28. The standard InChI is InChI=1S/C21H19Cl2N3O5/c22-15-7-4-8-17(20(15)23)30-12-14(27)10-24-19(28)11-25-21(29)16-9-18(31-26-16)13-5-2-1-3-6-13/h1-9,14,27H,10-12H2,(H,24,28)(H,25,29). The van der Waals surface area contributed by atoms with Crippen LogP contribution in [0.4, 0.5) is 0 Å². The predicted octanol–water partition coefficient (Wildman–Crippen LogP) is 2.93. The van der Waals surface area contributed by atoms with Crippen molar-refractivity contribution in [3.63, 3.8) is 0 Å². The number of amides is 2. The summed E-state index contributed by atoms with van der Waals surface area (Å²) in [5.74, 6) is -0.270. The molecule has 3 rings (SSSR count). The van der Waals surface area contributed by atoms with Crippen LogP contribution in [-0.2, 0) is 4.79 Å². The summed E-state index contributed by atoms with van der Waals surface area (Å²) >= 11 is 11.9. The average molecular weight is 464 g/mol. The number of rotatable bonds is 9. The zero-order valence-corrected chi connectivity index (χ0v) is 17.7. The third-order valence-corrected chi connectivity index (χ3v) is 4.89. The van der Waals surface area contributed by atoms with E-state index in [1.54, 1.807) is 18.2 Å². The highest BCUT2D eigenvalue weighted by molar-refractivity contribution is 6.42. The van der Waals surface area contributed by atoms with Gasteiger partial charge in [-0.2, -0.15) is 0 Å². The van der Waals surface area contributed by atoms with Crippen molar-refractivity contribution in [1.82, 2.24) is 15.8 Å². The number of hydrogen-bond acceptors (Lipinski definition) is 6. The summed E-state index contributed by atoms with van der Waals surface area (Å²) in [6.45, 7) is -0.469. The van der Waals surface area contributed by atoms with Gasteiger partial charge >= 0.3 is 0 Å². The number of aliphatic hydroxyl groups excluding tert-OH is 1. The van der Waals surface area contributed by atoms with Crippen LogP contribution in [0.15, 0.2) is 59.1 Å². The van der Waals surface area contributed by atoms with E-state index in [4.69, 9.17) is 32.5 Å². The van der Waals surface area contributed by atoms with Gasteiger partial charge in [0.05, 0.1) is 11.6 Å². The molecular weight excluding hydrogens is 445 g/mol. The lowest BCUT2D eigenvalue weighted by Gasteiger charge is -2.14. The van der Waals surface area contributed by atoms with Crippen molar-refractivity contribution in [2.24, 2.45) is 0 Å². The number of hydrogen-bond donors (Lipinski definition) is 3. The lowest BCUT2D eigenvalue weighted by atomic mass is 10.1. The lowest BCUT2D eigenvalue weighted by Crippen LogP contribution is -2.41. The molecule has 1 atom stereocenters. The van der Waals surface area contributed by atoms with Gasteiger partial charge in [-0.05, 0) is 12.1 Å². The molecule has 0 aliphatic rings. The molecule has 0 saturated carbocycles. The van der Waals surface area contributed by atoms with E-state index in [-0.39, 0.29) is 30.4 Å². The Morgan fingerprint density at radius 2 is 1.87 bits per heavy atom. The van der Waals surface area contributed by atoms with Gasteiger partial charge in [-0.3, -0.25) is 9.59 Å². The molecule has 3 aromatic rings. The third kappa shape index (κ3) is 6.45. The second-order valence-corrected chi connectivity index (χ2v) is 7.23. The SMILES string of the molecule is O=C(CNC(=O)c1cc(-c2ccccc2)on1)NCC(O)COc1cccc(Cl)c1Cl. The molecule has 1 unspecified atom stereocenters. The minimum absolute atomic E-state index is 0.0542. The Morgan fingerprint density at radius 3 is 2.65 bits per heavy atom. The number of benzene rings is 2. The van der Waals surface area contributed by atoms with Crippen molar-refractivity contribution >= 4 is 35.0 Å². The smallest absolute Gasteiger partial charge is 0.273 e. The number of aliphatic hydroxyl groups is 1. The summed E-state index contributed by atoms with van der Waals surface area (Å²) in [5.41, 5.74) is 0.834. The van der Waals surface area contributed by atoms with E-state index in [0.29, 0.717) is 16.5 Å². The van der Waals surface area contributed by atoms with Gasteiger partial charge in [0, 0.05) is 18.2 Å². The summed E-state index contributed by atoms with van der Waals surface area (Å²) in [6, 6.07) is 15.6. The van der Waals surface area contributed by atoms with E-state index in [0.717, 1.165) is 5.56 Å². The Labute approximate surface area is 188 Å². The summed E-state index contributed by atoms with van der Waals surface area (Å²) in [4.78, 5) is 24.1. The van der Waals surface area contributed by atoms with E-state index < -0.39 is 17.9 Å². The molecular formula is C21H19Cl2N3O5. The van der Waals surface area contributed by atoms with Crippen molar-refractivity contribution in [2.45, 2.75) is 6.10 Å². The molecule has 0 spiro atoms. The number of carbonyl (C=O) groups is 2. The van der Waals surface area contributed by atoms with Crippen molar-refractivity contribution in [2.75, 3.05) is 19.7 Å². The molecule has 2 aromatic carbocycles. The quantitative estimate of drug-likeness (QED) is 0.449. The maximum absolute atomic E-state index is 12.1. The molecule has 1 aromatic heterocycles. The van der Waals surface area contributed by atoms with Crippen LogP contribution in [0.3, 0.4) is 0 Å². The molecule has 2 amide bonds. The maximum atomic E-state index is 12.1. The number of halogens is 2. The van der Waals surface area contributed by atoms with E-state index in [1.807, 2.05) is 30.3 Å². The van der Waals surface area contributed by atoms with E-state index in [9.17, 15) is 14.7 Å². The van der Waals surface area contributed by atoms with Gasteiger partial charge in [0.2, 0.25) is 5.91 Å². The molecule has 0 bridgehead atoms. The van der Waals surface area contributed by atoms with Gasteiger partial charge in [0.25, 0.3) is 5.91 Å². The molecule has 0 fully saturated rings. The van der Waals surface area contributed by atoms with Gasteiger partial charge in [-0.1, -0.05) is 64.8 Å². The normalized spacial score (nSPS) is 11.6. The largest absolute Gasteiger partial charge is 0.489 e. The first kappa shape index (κ1) is 22.6. The van der Waals surface area contributed by atoms with Gasteiger partial charge in [0.15, 0.2) is 11.5 Å². The first-order valence-electron chi connectivity index (χ1n) is 9.26. The molecule has 8 nitrogen and oxygen atoms in total. The van der Waals surface area contributed by atoms with Crippen molar-refractivity contribution < 1.29 is 24.0 Å². The maximum Gasteiger partial charge on any atom is 0.273 e. The molecule has 3 N–H and O–H groups in total. The lowest BCUT2D eigenvalue weighted by molar-refractivity contribution is -0.120. The first-order valence-corrected chi connectivity index (χ1v) is 10.0. The molecule has 0 radical (unpaired) electrons.